The van der Waals surface area contributed by atoms with Crippen molar-refractivity contribution in [3.63, 3.8) is 0 Å². The second-order valence-electron chi connectivity index (χ2n) is 7.12. The monoisotopic (exact) mass is 380 g/mol. The Morgan fingerprint density at radius 3 is 2.62 bits per heavy atom. The first kappa shape index (κ1) is 17.4. The first-order chi connectivity index (χ1) is 14.2. The van der Waals surface area contributed by atoms with Crippen LogP contribution in [0, 0.1) is 0 Å². The minimum Gasteiger partial charge on any atom is -0.293 e. The molecule has 3 aromatic heterocycles. The molecule has 5 nitrogen and oxygen atoms in total. The predicted molar refractivity (Wildman–Crippen MR) is 116 cm³/mol. The summed E-state index contributed by atoms with van der Waals surface area (Å²) < 4.78 is 3.50. The van der Waals surface area contributed by atoms with E-state index in [1.807, 2.05) is 53.2 Å². The van der Waals surface area contributed by atoms with E-state index in [2.05, 4.69) is 29.0 Å². The van der Waals surface area contributed by atoms with Crippen LogP contribution in [0.4, 0.5) is 0 Å². The molecule has 5 heteroatoms. The molecule has 0 bridgehead atoms. The molecule has 0 spiro atoms. The molecule has 0 atom stereocenters. The number of fused-ring (bicyclic) bond motifs is 3. The van der Waals surface area contributed by atoms with E-state index in [0.29, 0.717) is 0 Å². The van der Waals surface area contributed by atoms with Crippen LogP contribution < -0.4 is 5.69 Å². The number of hydrogen-bond acceptors (Lipinski definition) is 3. The molecule has 0 aliphatic heterocycles. The Labute approximate surface area is 167 Å². The van der Waals surface area contributed by atoms with E-state index in [0.717, 1.165) is 50.7 Å². The number of pyridine rings is 2. The van der Waals surface area contributed by atoms with E-state index in [4.69, 9.17) is 0 Å². The summed E-state index contributed by atoms with van der Waals surface area (Å²) in [4.78, 5) is 22.1. The van der Waals surface area contributed by atoms with Crippen molar-refractivity contribution in [3.8, 4) is 16.8 Å². The van der Waals surface area contributed by atoms with Crippen LogP contribution in [0.3, 0.4) is 0 Å². The predicted octanol–water partition coefficient (Wildman–Crippen LogP) is 4.50. The number of rotatable bonds is 3. The highest BCUT2D eigenvalue weighted by Crippen LogP contribution is 2.30. The van der Waals surface area contributed by atoms with Crippen LogP contribution in [0.15, 0.2) is 78.0 Å². The highest BCUT2D eigenvalue weighted by Gasteiger charge is 2.18. The van der Waals surface area contributed by atoms with E-state index in [-0.39, 0.29) is 5.69 Å². The molecule has 0 amide bonds. The van der Waals surface area contributed by atoms with Crippen molar-refractivity contribution in [3.05, 3.63) is 89.2 Å². The van der Waals surface area contributed by atoms with Crippen molar-refractivity contribution in [1.82, 2.24) is 19.1 Å². The maximum Gasteiger partial charge on any atom is 0.333 e. The summed E-state index contributed by atoms with van der Waals surface area (Å²) in [6, 6.07) is 18.2. The second kappa shape index (κ2) is 6.71. The molecule has 3 heterocycles. The van der Waals surface area contributed by atoms with Gasteiger partial charge in [0.1, 0.15) is 0 Å². The van der Waals surface area contributed by atoms with E-state index in [1.54, 1.807) is 24.0 Å². The Balaban J connectivity index is 1.92. The first-order valence-corrected chi connectivity index (χ1v) is 9.68. The molecule has 5 aromatic rings. The SMILES string of the molecule is CCc1ccccc1-n1c(=O)n(C)c2cnc3ccc(-c4cccnc4)cc3c21. The summed E-state index contributed by atoms with van der Waals surface area (Å²) in [5.41, 5.74) is 6.63. The van der Waals surface area contributed by atoms with Crippen LogP contribution in [-0.4, -0.2) is 19.1 Å². The van der Waals surface area contributed by atoms with Gasteiger partial charge < -0.3 is 0 Å². The molecule has 2 aromatic carbocycles. The van der Waals surface area contributed by atoms with Crippen LogP contribution in [0.5, 0.6) is 0 Å². The lowest BCUT2D eigenvalue weighted by molar-refractivity contribution is 0.840. The lowest BCUT2D eigenvalue weighted by atomic mass is 10.0. The van der Waals surface area contributed by atoms with Gasteiger partial charge in [0.05, 0.1) is 28.4 Å². The molecule has 5 rings (SSSR count). The van der Waals surface area contributed by atoms with E-state index >= 15 is 0 Å². The number of para-hydroxylation sites is 1. The lowest BCUT2D eigenvalue weighted by Gasteiger charge is -2.11. The first-order valence-electron chi connectivity index (χ1n) is 9.68. The summed E-state index contributed by atoms with van der Waals surface area (Å²) >= 11 is 0. The Morgan fingerprint density at radius 2 is 1.83 bits per heavy atom. The molecular formula is C24H20N4O. The Bertz CT molecular complexity index is 1410. The number of aromatic nitrogens is 4. The molecule has 0 saturated heterocycles. The number of hydrogen-bond donors (Lipinski definition) is 0. The van der Waals surface area contributed by atoms with Gasteiger partial charge in [-0.2, -0.15) is 0 Å². The number of nitrogens with zero attached hydrogens (tertiary/aromatic N) is 4. The zero-order valence-corrected chi connectivity index (χ0v) is 16.3. The van der Waals surface area contributed by atoms with Gasteiger partial charge in [-0.05, 0) is 41.8 Å². The van der Waals surface area contributed by atoms with Gasteiger partial charge in [-0.15, -0.1) is 0 Å². The fourth-order valence-electron chi connectivity index (χ4n) is 3.96. The third-order valence-electron chi connectivity index (χ3n) is 5.49. The Kier molecular flexibility index (Phi) is 4.02. The number of aryl methyl sites for hydroxylation is 2. The summed E-state index contributed by atoms with van der Waals surface area (Å²) in [5, 5.41) is 0.951. The van der Waals surface area contributed by atoms with Crippen molar-refractivity contribution < 1.29 is 0 Å². The summed E-state index contributed by atoms with van der Waals surface area (Å²) in [7, 11) is 1.80. The van der Waals surface area contributed by atoms with Crippen molar-refractivity contribution in [2.75, 3.05) is 0 Å². The molecule has 0 aliphatic rings. The minimum atomic E-state index is -0.0676. The fraction of sp³-hybridized carbons (Fsp3) is 0.125. The fourth-order valence-corrected chi connectivity index (χ4v) is 3.96. The second-order valence-corrected chi connectivity index (χ2v) is 7.12. The quantitative estimate of drug-likeness (QED) is 0.463. The van der Waals surface area contributed by atoms with Gasteiger partial charge in [-0.25, -0.2) is 4.79 Å². The molecule has 0 saturated carbocycles. The highest BCUT2D eigenvalue weighted by molar-refractivity contribution is 6.04. The topological polar surface area (TPSA) is 52.7 Å². The van der Waals surface area contributed by atoms with E-state index in [1.165, 1.54) is 0 Å². The molecule has 142 valence electrons. The zero-order valence-electron chi connectivity index (χ0n) is 16.3. The van der Waals surface area contributed by atoms with Gasteiger partial charge in [0.2, 0.25) is 0 Å². The van der Waals surface area contributed by atoms with Gasteiger partial charge in [-0.3, -0.25) is 19.1 Å². The minimum absolute atomic E-state index is 0.0676. The Morgan fingerprint density at radius 1 is 0.966 bits per heavy atom. The number of benzene rings is 2. The highest BCUT2D eigenvalue weighted by atomic mass is 16.1. The number of imidazole rings is 1. The van der Waals surface area contributed by atoms with Crippen LogP contribution in [-0.2, 0) is 13.5 Å². The molecule has 0 unspecified atom stereocenters. The molecule has 0 N–H and O–H groups in total. The van der Waals surface area contributed by atoms with Crippen LogP contribution in [0.25, 0.3) is 38.8 Å². The summed E-state index contributed by atoms with van der Waals surface area (Å²) in [6.07, 6.45) is 6.25. The maximum absolute atomic E-state index is 13.2. The van der Waals surface area contributed by atoms with Gasteiger partial charge in [-0.1, -0.05) is 37.3 Å². The van der Waals surface area contributed by atoms with E-state index in [9.17, 15) is 4.79 Å². The van der Waals surface area contributed by atoms with Crippen LogP contribution >= 0.6 is 0 Å². The van der Waals surface area contributed by atoms with Crippen LogP contribution in [0.1, 0.15) is 12.5 Å². The van der Waals surface area contributed by atoms with Gasteiger partial charge >= 0.3 is 5.69 Å². The Hall–Kier alpha value is -3.73. The molecule has 0 aliphatic carbocycles. The average molecular weight is 380 g/mol. The van der Waals surface area contributed by atoms with Crippen molar-refractivity contribution >= 4 is 21.9 Å². The van der Waals surface area contributed by atoms with Crippen molar-refractivity contribution in [1.29, 1.82) is 0 Å². The maximum atomic E-state index is 13.2. The summed E-state index contributed by atoms with van der Waals surface area (Å²) in [6.45, 7) is 2.11. The zero-order chi connectivity index (χ0) is 20.0. The normalized spacial score (nSPS) is 11.4. The van der Waals surface area contributed by atoms with Gasteiger partial charge in [0, 0.05) is 30.4 Å². The molecular weight excluding hydrogens is 360 g/mol. The summed E-state index contributed by atoms with van der Waals surface area (Å²) in [5.74, 6) is 0. The van der Waals surface area contributed by atoms with Crippen molar-refractivity contribution in [2.45, 2.75) is 13.3 Å². The largest absolute Gasteiger partial charge is 0.333 e. The van der Waals surface area contributed by atoms with E-state index < -0.39 is 0 Å². The van der Waals surface area contributed by atoms with Gasteiger partial charge in [0.25, 0.3) is 0 Å². The average Bonchev–Trinajstić information content (AvgIpc) is 3.04. The van der Waals surface area contributed by atoms with Gasteiger partial charge in [0.15, 0.2) is 0 Å². The molecule has 0 fully saturated rings. The smallest absolute Gasteiger partial charge is 0.293 e. The van der Waals surface area contributed by atoms with Crippen LogP contribution in [0.2, 0.25) is 0 Å². The lowest BCUT2D eigenvalue weighted by Crippen LogP contribution is -2.21. The van der Waals surface area contributed by atoms with Crippen molar-refractivity contribution in [2.24, 2.45) is 7.05 Å². The molecule has 29 heavy (non-hydrogen) atoms. The molecule has 0 radical (unpaired) electrons. The standard InChI is InChI=1S/C24H20N4O/c1-3-16-7-4-5-9-21(16)28-23-19-13-17(18-8-6-12-25-14-18)10-11-20(19)26-15-22(23)27(2)24(28)29/h4-15H,3H2,1-2H3. The third kappa shape index (κ3) is 2.66. The third-order valence-corrected chi connectivity index (χ3v) is 5.49.